The second kappa shape index (κ2) is 7.50. The van der Waals surface area contributed by atoms with Crippen LogP contribution in [-0.4, -0.2) is 36.2 Å². The van der Waals surface area contributed by atoms with Crippen LogP contribution >= 0.6 is 0 Å². The summed E-state index contributed by atoms with van der Waals surface area (Å²) in [6.45, 7) is 5.22. The van der Waals surface area contributed by atoms with Crippen molar-refractivity contribution in [2.75, 3.05) is 0 Å². The van der Waals surface area contributed by atoms with E-state index in [9.17, 15) is 22.4 Å². The van der Waals surface area contributed by atoms with E-state index in [1.807, 2.05) is 13.8 Å². The van der Waals surface area contributed by atoms with Crippen molar-refractivity contribution in [1.29, 1.82) is 0 Å². The summed E-state index contributed by atoms with van der Waals surface area (Å²) in [5.74, 6) is -0.758. The first-order valence-corrected chi connectivity index (χ1v) is 9.64. The summed E-state index contributed by atoms with van der Waals surface area (Å²) in [6, 6.07) is 4.21. The number of hydrogen-bond donors (Lipinski definition) is 1. The van der Waals surface area contributed by atoms with Crippen molar-refractivity contribution >= 4 is 17.2 Å². The van der Waals surface area contributed by atoms with Gasteiger partial charge in [0.25, 0.3) is 0 Å². The van der Waals surface area contributed by atoms with Crippen LogP contribution in [-0.2, 0) is 13.2 Å². The van der Waals surface area contributed by atoms with Gasteiger partial charge in [-0.25, -0.2) is 19.0 Å². The number of aromatic amines is 1. The number of carbonyl (C=O) groups excluding carboxylic acids is 1. The zero-order valence-electron chi connectivity index (χ0n) is 17.5. The highest BCUT2D eigenvalue weighted by molar-refractivity contribution is 5.90. The van der Waals surface area contributed by atoms with Gasteiger partial charge in [-0.1, -0.05) is 13.8 Å². The zero-order valence-corrected chi connectivity index (χ0v) is 17.5. The number of aldehydes is 1. The minimum atomic E-state index is -4.68. The molecule has 166 valence electrons. The zero-order chi connectivity index (χ0) is 23.4. The highest BCUT2D eigenvalue weighted by Gasteiger charge is 2.38. The Labute approximate surface area is 179 Å². The third kappa shape index (κ3) is 3.53. The van der Waals surface area contributed by atoms with Gasteiger partial charge in [0.15, 0.2) is 23.6 Å². The summed E-state index contributed by atoms with van der Waals surface area (Å²) in [5, 5.41) is 10.4. The molecule has 3 aromatic heterocycles. The van der Waals surface area contributed by atoms with Gasteiger partial charge in [-0.05, 0) is 30.5 Å². The molecule has 0 amide bonds. The minimum absolute atomic E-state index is 0.0258. The molecular formula is C21H18F4N6O. The van der Waals surface area contributed by atoms with E-state index in [0.29, 0.717) is 17.2 Å². The molecule has 4 aromatic rings. The van der Waals surface area contributed by atoms with Gasteiger partial charge in [0.1, 0.15) is 5.82 Å². The smallest absolute Gasteiger partial charge is 0.294 e. The van der Waals surface area contributed by atoms with Gasteiger partial charge >= 0.3 is 6.18 Å². The lowest BCUT2D eigenvalue weighted by Gasteiger charge is -2.15. The molecule has 0 saturated heterocycles. The molecule has 0 spiro atoms. The predicted molar refractivity (Wildman–Crippen MR) is 108 cm³/mol. The molecule has 32 heavy (non-hydrogen) atoms. The van der Waals surface area contributed by atoms with Crippen molar-refractivity contribution in [3.05, 3.63) is 46.8 Å². The number of nitrogens with zero attached hydrogens (tertiary/aromatic N) is 5. The Bertz CT molecular complexity index is 1350. The fourth-order valence-corrected chi connectivity index (χ4v) is 3.61. The number of carbonyl (C=O) groups is 1. The molecule has 11 heteroatoms. The van der Waals surface area contributed by atoms with E-state index < -0.39 is 17.7 Å². The average molecular weight is 446 g/mol. The molecule has 0 aliphatic heterocycles. The molecule has 0 unspecified atom stereocenters. The molecule has 0 saturated carbocycles. The topological polar surface area (TPSA) is 89.4 Å². The van der Waals surface area contributed by atoms with Crippen molar-refractivity contribution in [2.45, 2.75) is 32.9 Å². The highest BCUT2D eigenvalue weighted by Crippen LogP contribution is 2.39. The maximum absolute atomic E-state index is 15.0. The quantitative estimate of drug-likeness (QED) is 0.359. The third-order valence-electron chi connectivity index (χ3n) is 5.17. The molecule has 0 aliphatic carbocycles. The van der Waals surface area contributed by atoms with Gasteiger partial charge in [0.2, 0.25) is 0 Å². The predicted octanol–water partition coefficient (Wildman–Crippen LogP) is 4.82. The Hall–Kier alpha value is -3.63. The molecule has 0 radical (unpaired) electrons. The molecule has 7 nitrogen and oxygen atoms in total. The van der Waals surface area contributed by atoms with E-state index in [1.54, 1.807) is 6.07 Å². The van der Waals surface area contributed by atoms with Gasteiger partial charge < -0.3 is 0 Å². The van der Waals surface area contributed by atoms with E-state index in [-0.39, 0.29) is 45.6 Å². The van der Waals surface area contributed by atoms with Crippen LogP contribution in [0.1, 0.15) is 47.3 Å². The Morgan fingerprint density at radius 3 is 2.47 bits per heavy atom. The summed E-state index contributed by atoms with van der Waals surface area (Å²) in [7, 11) is 1.51. The lowest BCUT2D eigenvalue weighted by molar-refractivity contribution is -0.140. The fraction of sp³-hybridized carbons (Fsp3) is 0.286. The number of aromatic nitrogens is 6. The summed E-state index contributed by atoms with van der Waals surface area (Å²) in [4.78, 5) is 19.4. The number of nitrogens with one attached hydrogen (secondary N) is 1. The largest absolute Gasteiger partial charge is 0.435 e. The number of halogens is 4. The number of hydrogen-bond acceptors (Lipinski definition) is 5. The number of H-pyrrole nitrogens is 1. The molecule has 0 atom stereocenters. The number of pyridine rings is 1. The lowest BCUT2D eigenvalue weighted by Crippen LogP contribution is -2.08. The van der Waals surface area contributed by atoms with E-state index in [2.05, 4.69) is 25.3 Å². The van der Waals surface area contributed by atoms with Crippen LogP contribution in [0.25, 0.3) is 33.5 Å². The summed E-state index contributed by atoms with van der Waals surface area (Å²) in [5.41, 5.74) is -0.0749. The van der Waals surface area contributed by atoms with Gasteiger partial charge in [-0.2, -0.15) is 23.4 Å². The summed E-state index contributed by atoms with van der Waals surface area (Å²) < 4.78 is 56.7. The monoisotopic (exact) mass is 446 g/mol. The first-order valence-electron chi connectivity index (χ1n) is 9.64. The Morgan fingerprint density at radius 2 is 1.88 bits per heavy atom. The van der Waals surface area contributed by atoms with Crippen molar-refractivity contribution in [2.24, 2.45) is 7.05 Å². The number of aryl methyl sites for hydroxylation is 2. The minimum Gasteiger partial charge on any atom is -0.294 e. The number of rotatable bonds is 4. The summed E-state index contributed by atoms with van der Waals surface area (Å²) >= 11 is 0. The molecule has 4 rings (SSSR count). The van der Waals surface area contributed by atoms with Crippen LogP contribution in [0.5, 0.6) is 0 Å². The van der Waals surface area contributed by atoms with Crippen LogP contribution < -0.4 is 0 Å². The Balaban J connectivity index is 1.98. The Morgan fingerprint density at radius 1 is 1.16 bits per heavy atom. The Kier molecular flexibility index (Phi) is 5.06. The van der Waals surface area contributed by atoms with E-state index in [4.69, 9.17) is 0 Å². The molecule has 0 fully saturated rings. The molecule has 3 heterocycles. The second-order valence-corrected chi connectivity index (χ2v) is 7.71. The van der Waals surface area contributed by atoms with Crippen molar-refractivity contribution in [3.63, 3.8) is 0 Å². The fourth-order valence-electron chi connectivity index (χ4n) is 3.61. The standard InChI is InChI=1S/C21H18F4N6O/c1-9(2)11-6-16(18-10(3)28-29-19(18)21(23,24)25)26-15-7-14(22)13(5-12(11)15)20-27-17(8-32)31(4)30-20/h5-9H,1-4H3,(H,28,29). The normalized spacial score (nSPS) is 12.2. The lowest BCUT2D eigenvalue weighted by atomic mass is 9.94. The van der Waals surface area contributed by atoms with Gasteiger partial charge in [0, 0.05) is 24.2 Å². The number of benzene rings is 1. The molecular weight excluding hydrogens is 428 g/mol. The van der Waals surface area contributed by atoms with Crippen LogP contribution in [0.3, 0.4) is 0 Å². The van der Waals surface area contributed by atoms with Gasteiger partial charge in [-0.15, -0.1) is 0 Å². The first kappa shape index (κ1) is 21.6. The maximum atomic E-state index is 15.0. The second-order valence-electron chi connectivity index (χ2n) is 7.71. The van der Waals surface area contributed by atoms with E-state index in [1.165, 1.54) is 24.7 Å². The van der Waals surface area contributed by atoms with Crippen molar-refractivity contribution < 1.29 is 22.4 Å². The van der Waals surface area contributed by atoms with Crippen molar-refractivity contribution in [1.82, 2.24) is 29.9 Å². The SMILES string of the molecule is Cc1[nH]nc(C(F)(F)F)c1-c1cc(C(C)C)c2cc(-c3nc(C=O)n(C)n3)c(F)cc2n1. The molecule has 0 bridgehead atoms. The number of fused-ring (bicyclic) bond motifs is 1. The van der Waals surface area contributed by atoms with Gasteiger partial charge in [-0.3, -0.25) is 9.89 Å². The van der Waals surface area contributed by atoms with Crippen LogP contribution in [0, 0.1) is 12.7 Å². The van der Waals surface area contributed by atoms with Crippen molar-refractivity contribution in [3.8, 4) is 22.6 Å². The highest BCUT2D eigenvalue weighted by atomic mass is 19.4. The van der Waals surface area contributed by atoms with E-state index >= 15 is 0 Å². The molecule has 1 aromatic carbocycles. The van der Waals surface area contributed by atoms with Crippen LogP contribution in [0.4, 0.5) is 17.6 Å². The molecule has 0 aliphatic rings. The van der Waals surface area contributed by atoms with Crippen LogP contribution in [0.2, 0.25) is 0 Å². The third-order valence-corrected chi connectivity index (χ3v) is 5.17. The van der Waals surface area contributed by atoms with Gasteiger partial charge in [0.05, 0.1) is 22.3 Å². The van der Waals surface area contributed by atoms with E-state index in [0.717, 1.165) is 6.07 Å². The van der Waals surface area contributed by atoms with Crippen LogP contribution in [0.15, 0.2) is 18.2 Å². The average Bonchev–Trinajstić information content (AvgIpc) is 3.28. The number of alkyl halides is 3. The molecule has 1 N–H and O–H groups in total. The maximum Gasteiger partial charge on any atom is 0.435 e. The first-order chi connectivity index (χ1) is 15.0. The summed E-state index contributed by atoms with van der Waals surface area (Å²) in [6.07, 6.45) is -4.17.